The van der Waals surface area contributed by atoms with Crippen LogP contribution < -0.4 is 5.32 Å². The Kier molecular flexibility index (Phi) is 3.22. The van der Waals surface area contributed by atoms with Crippen LogP contribution in [0.15, 0.2) is 12.3 Å². The van der Waals surface area contributed by atoms with Gasteiger partial charge in [-0.1, -0.05) is 0 Å². The highest BCUT2D eigenvalue weighted by Gasteiger charge is 2.12. The minimum atomic E-state index is -1.03. The van der Waals surface area contributed by atoms with E-state index in [0.717, 1.165) is 4.68 Å². The molecule has 76 valence electrons. The summed E-state index contributed by atoms with van der Waals surface area (Å²) in [5.74, 6) is -1.34. The summed E-state index contributed by atoms with van der Waals surface area (Å²) in [4.78, 5) is 21.8. The van der Waals surface area contributed by atoms with Gasteiger partial charge in [0, 0.05) is 12.7 Å². The first kappa shape index (κ1) is 10.2. The largest absolute Gasteiger partial charge is 0.480 e. The van der Waals surface area contributed by atoms with Crippen LogP contribution in [0.4, 0.5) is 0 Å². The van der Waals surface area contributed by atoms with E-state index in [1.54, 1.807) is 6.92 Å². The highest BCUT2D eigenvalue weighted by Crippen LogP contribution is 1.98. The molecule has 1 aromatic rings. The fourth-order valence-electron chi connectivity index (χ4n) is 1.03. The highest BCUT2D eigenvalue weighted by atomic mass is 16.4. The number of carbonyl (C=O) groups is 2. The van der Waals surface area contributed by atoms with Crippen LogP contribution in [0, 0.1) is 0 Å². The molecule has 0 saturated carbocycles. The Morgan fingerprint density at radius 2 is 2.36 bits per heavy atom. The number of carboxylic acid groups (broad SMARTS) is 1. The van der Waals surface area contributed by atoms with E-state index in [1.165, 1.54) is 12.3 Å². The number of hydrogen-bond donors (Lipinski definition) is 2. The van der Waals surface area contributed by atoms with Crippen molar-refractivity contribution >= 4 is 11.9 Å². The molecule has 2 N–H and O–H groups in total. The smallest absolute Gasteiger partial charge is 0.325 e. The molecule has 0 fully saturated rings. The standard InChI is InChI=1S/C8H11N3O3/c1-2-9-8(14)6-3-4-10-11(6)5-7(12)13/h3-4H,2,5H2,1H3,(H,9,14)(H,12,13). The van der Waals surface area contributed by atoms with Gasteiger partial charge in [0.05, 0.1) is 0 Å². The molecule has 0 saturated heterocycles. The van der Waals surface area contributed by atoms with Gasteiger partial charge in [-0.3, -0.25) is 9.59 Å². The lowest BCUT2D eigenvalue weighted by Crippen LogP contribution is -2.27. The van der Waals surface area contributed by atoms with Crippen LogP contribution in [0.5, 0.6) is 0 Å². The van der Waals surface area contributed by atoms with Crippen molar-refractivity contribution in [1.82, 2.24) is 15.1 Å². The van der Waals surface area contributed by atoms with Crippen molar-refractivity contribution in [3.63, 3.8) is 0 Å². The fourth-order valence-corrected chi connectivity index (χ4v) is 1.03. The van der Waals surface area contributed by atoms with Gasteiger partial charge in [0.15, 0.2) is 0 Å². The second-order valence-electron chi connectivity index (χ2n) is 2.63. The van der Waals surface area contributed by atoms with Crippen molar-refractivity contribution in [3.05, 3.63) is 18.0 Å². The zero-order valence-corrected chi connectivity index (χ0v) is 7.73. The molecule has 6 heteroatoms. The summed E-state index contributed by atoms with van der Waals surface area (Å²) in [6, 6.07) is 1.48. The van der Waals surface area contributed by atoms with Crippen molar-refractivity contribution in [2.24, 2.45) is 0 Å². The third-order valence-electron chi connectivity index (χ3n) is 1.57. The van der Waals surface area contributed by atoms with Gasteiger partial charge in [0.2, 0.25) is 0 Å². The maximum absolute atomic E-state index is 11.3. The zero-order chi connectivity index (χ0) is 10.6. The topological polar surface area (TPSA) is 84.2 Å². The van der Waals surface area contributed by atoms with Crippen LogP contribution in [-0.4, -0.2) is 33.3 Å². The number of nitrogens with one attached hydrogen (secondary N) is 1. The normalized spacial score (nSPS) is 9.79. The van der Waals surface area contributed by atoms with Crippen LogP contribution in [-0.2, 0) is 11.3 Å². The summed E-state index contributed by atoms with van der Waals surface area (Å²) in [6.45, 7) is 1.98. The Morgan fingerprint density at radius 3 is 2.93 bits per heavy atom. The van der Waals surface area contributed by atoms with Crippen LogP contribution in [0.1, 0.15) is 17.4 Å². The van der Waals surface area contributed by atoms with E-state index in [1.807, 2.05) is 0 Å². The Hall–Kier alpha value is -1.85. The Balaban J connectivity index is 2.81. The zero-order valence-electron chi connectivity index (χ0n) is 7.73. The first-order valence-corrected chi connectivity index (χ1v) is 4.17. The number of aromatic nitrogens is 2. The number of rotatable bonds is 4. The molecule has 0 atom stereocenters. The molecule has 6 nitrogen and oxygen atoms in total. The molecule has 0 bridgehead atoms. The van der Waals surface area contributed by atoms with E-state index in [9.17, 15) is 9.59 Å². The van der Waals surface area contributed by atoms with E-state index in [4.69, 9.17) is 5.11 Å². The van der Waals surface area contributed by atoms with Gasteiger partial charge in [-0.15, -0.1) is 0 Å². The molecule has 0 aliphatic carbocycles. The van der Waals surface area contributed by atoms with Gasteiger partial charge >= 0.3 is 5.97 Å². The Bertz CT molecular complexity index is 345. The second kappa shape index (κ2) is 4.40. The third-order valence-corrected chi connectivity index (χ3v) is 1.57. The molecule has 1 heterocycles. The molecular formula is C8H11N3O3. The Morgan fingerprint density at radius 1 is 1.64 bits per heavy atom. The molecule has 0 aliphatic rings. The van der Waals surface area contributed by atoms with Crippen molar-refractivity contribution < 1.29 is 14.7 Å². The van der Waals surface area contributed by atoms with Crippen LogP contribution in [0.2, 0.25) is 0 Å². The fraction of sp³-hybridized carbons (Fsp3) is 0.375. The lowest BCUT2D eigenvalue weighted by Gasteiger charge is -2.03. The van der Waals surface area contributed by atoms with Crippen molar-refractivity contribution in [3.8, 4) is 0 Å². The lowest BCUT2D eigenvalue weighted by molar-refractivity contribution is -0.137. The molecule has 0 aliphatic heterocycles. The predicted molar refractivity (Wildman–Crippen MR) is 47.9 cm³/mol. The first-order chi connectivity index (χ1) is 6.65. The summed E-state index contributed by atoms with van der Waals surface area (Å²) in [7, 11) is 0. The molecule has 1 aromatic heterocycles. The number of nitrogens with zero attached hydrogens (tertiary/aromatic N) is 2. The monoisotopic (exact) mass is 197 g/mol. The maximum atomic E-state index is 11.3. The van der Waals surface area contributed by atoms with Gasteiger partial charge in [-0.25, -0.2) is 4.68 Å². The third kappa shape index (κ3) is 2.32. The van der Waals surface area contributed by atoms with E-state index in [2.05, 4.69) is 10.4 Å². The Labute approximate surface area is 80.5 Å². The van der Waals surface area contributed by atoms with Crippen LogP contribution in [0.25, 0.3) is 0 Å². The van der Waals surface area contributed by atoms with Crippen molar-refractivity contribution in [2.45, 2.75) is 13.5 Å². The summed E-state index contributed by atoms with van der Waals surface area (Å²) in [5.41, 5.74) is 0.259. The molecule has 0 radical (unpaired) electrons. The molecule has 1 amide bonds. The average molecular weight is 197 g/mol. The number of carbonyl (C=O) groups excluding carboxylic acids is 1. The molecule has 14 heavy (non-hydrogen) atoms. The molecule has 0 spiro atoms. The van der Waals surface area contributed by atoms with Crippen LogP contribution >= 0.6 is 0 Å². The van der Waals surface area contributed by atoms with Crippen LogP contribution in [0.3, 0.4) is 0 Å². The lowest BCUT2D eigenvalue weighted by atomic mass is 10.4. The van der Waals surface area contributed by atoms with E-state index >= 15 is 0 Å². The van der Waals surface area contributed by atoms with Gasteiger partial charge in [-0.05, 0) is 13.0 Å². The van der Waals surface area contributed by atoms with Crippen molar-refractivity contribution in [2.75, 3.05) is 6.54 Å². The van der Waals surface area contributed by atoms with Gasteiger partial charge in [-0.2, -0.15) is 5.10 Å². The van der Waals surface area contributed by atoms with Gasteiger partial charge in [0.25, 0.3) is 5.91 Å². The minimum absolute atomic E-state index is 0.259. The SMILES string of the molecule is CCNC(=O)c1ccnn1CC(=O)O. The maximum Gasteiger partial charge on any atom is 0.325 e. The minimum Gasteiger partial charge on any atom is -0.480 e. The molecule has 0 unspecified atom stereocenters. The summed E-state index contributed by atoms with van der Waals surface area (Å²) in [5, 5.41) is 14.8. The summed E-state index contributed by atoms with van der Waals surface area (Å²) >= 11 is 0. The van der Waals surface area contributed by atoms with Gasteiger partial charge < -0.3 is 10.4 Å². The molecular weight excluding hydrogens is 186 g/mol. The number of aliphatic carboxylic acids is 1. The van der Waals surface area contributed by atoms with E-state index in [0.29, 0.717) is 6.54 Å². The van der Waals surface area contributed by atoms with Gasteiger partial charge in [0.1, 0.15) is 12.2 Å². The van der Waals surface area contributed by atoms with E-state index in [-0.39, 0.29) is 18.1 Å². The average Bonchev–Trinajstić information content (AvgIpc) is 2.51. The summed E-state index contributed by atoms with van der Waals surface area (Å²) in [6.07, 6.45) is 1.40. The highest BCUT2D eigenvalue weighted by molar-refractivity contribution is 5.92. The van der Waals surface area contributed by atoms with Crippen molar-refractivity contribution in [1.29, 1.82) is 0 Å². The number of amides is 1. The molecule has 0 aromatic carbocycles. The summed E-state index contributed by atoms with van der Waals surface area (Å²) < 4.78 is 1.15. The quantitative estimate of drug-likeness (QED) is 0.695. The molecule has 1 rings (SSSR count). The predicted octanol–water partition coefficient (Wildman–Crippen LogP) is -0.283. The first-order valence-electron chi connectivity index (χ1n) is 4.17. The second-order valence-corrected chi connectivity index (χ2v) is 2.63. The number of hydrogen-bond acceptors (Lipinski definition) is 3. The van der Waals surface area contributed by atoms with E-state index < -0.39 is 5.97 Å². The number of carboxylic acids is 1.